The van der Waals surface area contributed by atoms with E-state index in [0.29, 0.717) is 24.0 Å². The molecule has 2 N–H and O–H groups in total. The Morgan fingerprint density at radius 3 is 2.05 bits per heavy atom. The summed E-state index contributed by atoms with van der Waals surface area (Å²) in [6.07, 6.45) is 0. The first kappa shape index (κ1) is 16.1. The van der Waals surface area contributed by atoms with Gasteiger partial charge in [0.2, 0.25) is 10.0 Å². The van der Waals surface area contributed by atoms with Crippen molar-refractivity contribution in [3.8, 4) is 0 Å². The fraction of sp³-hybridized carbons (Fsp3) is 0.571. The predicted molar refractivity (Wildman–Crippen MR) is 79.0 cm³/mol. The second-order valence-electron chi connectivity index (χ2n) is 5.23. The molecular formula is C14H24N2O2S. The van der Waals surface area contributed by atoms with E-state index < -0.39 is 10.0 Å². The lowest BCUT2D eigenvalue weighted by Gasteiger charge is -2.14. The Hall–Kier alpha value is -0.910. The highest BCUT2D eigenvalue weighted by Gasteiger charge is 2.19. The third kappa shape index (κ3) is 4.60. The van der Waals surface area contributed by atoms with Crippen LogP contribution < -0.4 is 10.0 Å². The van der Waals surface area contributed by atoms with Gasteiger partial charge >= 0.3 is 0 Å². The van der Waals surface area contributed by atoms with Crippen LogP contribution in [0.3, 0.4) is 0 Å². The van der Waals surface area contributed by atoms with Crippen molar-refractivity contribution in [1.82, 2.24) is 10.0 Å². The Balaban J connectivity index is 2.84. The van der Waals surface area contributed by atoms with E-state index in [1.807, 2.05) is 46.8 Å². The van der Waals surface area contributed by atoms with Gasteiger partial charge in [0, 0.05) is 19.1 Å². The topological polar surface area (TPSA) is 58.2 Å². The third-order valence-electron chi connectivity index (χ3n) is 2.84. The summed E-state index contributed by atoms with van der Waals surface area (Å²) in [6, 6.07) is 4.15. The summed E-state index contributed by atoms with van der Waals surface area (Å²) in [6.45, 7) is 10.7. The molecule has 5 heteroatoms. The van der Waals surface area contributed by atoms with E-state index in [-0.39, 0.29) is 0 Å². The van der Waals surface area contributed by atoms with Gasteiger partial charge in [-0.2, -0.15) is 0 Å². The van der Waals surface area contributed by atoms with E-state index in [0.717, 1.165) is 16.7 Å². The van der Waals surface area contributed by atoms with Crippen molar-refractivity contribution in [2.45, 2.75) is 45.6 Å². The van der Waals surface area contributed by atoms with Gasteiger partial charge in [-0.25, -0.2) is 13.1 Å². The molecule has 0 atom stereocenters. The van der Waals surface area contributed by atoms with E-state index in [4.69, 9.17) is 0 Å². The van der Waals surface area contributed by atoms with Gasteiger partial charge in [0.15, 0.2) is 0 Å². The highest BCUT2D eigenvalue weighted by molar-refractivity contribution is 7.89. The van der Waals surface area contributed by atoms with Gasteiger partial charge in [0.1, 0.15) is 0 Å². The highest BCUT2D eigenvalue weighted by Crippen LogP contribution is 2.21. The summed E-state index contributed by atoms with van der Waals surface area (Å²) >= 11 is 0. The van der Waals surface area contributed by atoms with Crippen molar-refractivity contribution in [3.63, 3.8) is 0 Å². The van der Waals surface area contributed by atoms with Crippen LogP contribution in [0.5, 0.6) is 0 Å². The molecule has 0 fully saturated rings. The highest BCUT2D eigenvalue weighted by atomic mass is 32.2. The monoisotopic (exact) mass is 284 g/mol. The van der Waals surface area contributed by atoms with Crippen LogP contribution in [0.4, 0.5) is 0 Å². The van der Waals surface area contributed by atoms with Crippen LogP contribution in [0.15, 0.2) is 17.0 Å². The molecule has 0 unspecified atom stereocenters. The van der Waals surface area contributed by atoms with Crippen LogP contribution in [0.2, 0.25) is 0 Å². The van der Waals surface area contributed by atoms with Crippen LogP contribution >= 0.6 is 0 Å². The summed E-state index contributed by atoms with van der Waals surface area (Å²) in [5.41, 5.74) is 2.67. The number of hydrogen-bond acceptors (Lipinski definition) is 3. The Labute approximate surface area is 116 Å². The van der Waals surface area contributed by atoms with Crippen LogP contribution in [0, 0.1) is 20.8 Å². The lowest BCUT2D eigenvalue weighted by Crippen LogP contribution is -2.35. The molecule has 108 valence electrons. The molecule has 0 saturated carbocycles. The second-order valence-corrected chi connectivity index (χ2v) is 6.94. The average molecular weight is 284 g/mol. The Morgan fingerprint density at radius 1 is 1.05 bits per heavy atom. The molecule has 1 rings (SSSR count). The van der Waals surface area contributed by atoms with Gasteiger partial charge in [0.05, 0.1) is 4.90 Å². The SMILES string of the molecule is Cc1cc(C)c(S(=O)(=O)NCCNC(C)C)c(C)c1. The van der Waals surface area contributed by atoms with Crippen molar-refractivity contribution < 1.29 is 8.42 Å². The van der Waals surface area contributed by atoms with Crippen molar-refractivity contribution in [2.75, 3.05) is 13.1 Å². The first-order valence-corrected chi connectivity index (χ1v) is 8.03. The molecule has 19 heavy (non-hydrogen) atoms. The normalized spacial score (nSPS) is 12.1. The zero-order chi connectivity index (χ0) is 14.6. The number of nitrogens with one attached hydrogen (secondary N) is 2. The molecule has 0 amide bonds. The van der Waals surface area contributed by atoms with Gasteiger partial charge in [-0.05, 0) is 31.9 Å². The van der Waals surface area contributed by atoms with Crippen molar-refractivity contribution in [1.29, 1.82) is 0 Å². The molecule has 0 aromatic heterocycles. The maximum absolute atomic E-state index is 12.3. The molecule has 0 aliphatic rings. The molecule has 1 aromatic carbocycles. The number of sulfonamides is 1. The standard InChI is InChI=1S/C14H24N2O2S/c1-10(2)15-6-7-16-19(17,18)14-12(4)8-11(3)9-13(14)5/h8-10,15-16H,6-7H2,1-5H3. The molecule has 0 saturated heterocycles. The molecule has 4 nitrogen and oxygen atoms in total. The van der Waals surface area contributed by atoms with E-state index >= 15 is 0 Å². The Morgan fingerprint density at radius 2 is 1.58 bits per heavy atom. The molecule has 0 radical (unpaired) electrons. The fourth-order valence-electron chi connectivity index (χ4n) is 2.21. The molecule has 0 heterocycles. The summed E-state index contributed by atoms with van der Waals surface area (Å²) < 4.78 is 27.2. The van der Waals surface area contributed by atoms with E-state index in [1.54, 1.807) is 0 Å². The van der Waals surface area contributed by atoms with Gasteiger partial charge in [-0.3, -0.25) is 0 Å². The minimum atomic E-state index is -3.43. The van der Waals surface area contributed by atoms with Gasteiger partial charge in [-0.1, -0.05) is 31.5 Å². The molecule has 0 aliphatic carbocycles. The quantitative estimate of drug-likeness (QED) is 0.784. The van der Waals surface area contributed by atoms with Crippen LogP contribution in [-0.2, 0) is 10.0 Å². The smallest absolute Gasteiger partial charge is 0.241 e. The second kappa shape index (κ2) is 6.50. The van der Waals surface area contributed by atoms with Gasteiger partial charge in [-0.15, -0.1) is 0 Å². The molecular weight excluding hydrogens is 260 g/mol. The van der Waals surface area contributed by atoms with Crippen LogP contribution in [0.25, 0.3) is 0 Å². The minimum absolute atomic E-state index is 0.354. The van der Waals surface area contributed by atoms with Crippen LogP contribution in [0.1, 0.15) is 30.5 Å². The van der Waals surface area contributed by atoms with Gasteiger partial charge in [0.25, 0.3) is 0 Å². The van der Waals surface area contributed by atoms with Crippen molar-refractivity contribution in [2.24, 2.45) is 0 Å². The lowest BCUT2D eigenvalue weighted by molar-refractivity contribution is 0.559. The summed E-state index contributed by atoms with van der Waals surface area (Å²) in [4.78, 5) is 0.405. The first-order chi connectivity index (χ1) is 8.74. The summed E-state index contributed by atoms with van der Waals surface area (Å²) in [5, 5.41) is 3.18. The van der Waals surface area contributed by atoms with Crippen molar-refractivity contribution >= 4 is 10.0 Å². The first-order valence-electron chi connectivity index (χ1n) is 6.55. The molecule has 0 aliphatic heterocycles. The predicted octanol–water partition coefficient (Wildman–Crippen LogP) is 1.89. The number of benzene rings is 1. The maximum Gasteiger partial charge on any atom is 0.241 e. The molecule has 0 spiro atoms. The maximum atomic E-state index is 12.3. The number of aryl methyl sites for hydroxylation is 3. The van der Waals surface area contributed by atoms with E-state index in [9.17, 15) is 8.42 Å². The number of rotatable bonds is 6. The zero-order valence-electron chi connectivity index (χ0n) is 12.4. The van der Waals surface area contributed by atoms with Crippen LogP contribution in [-0.4, -0.2) is 27.5 Å². The van der Waals surface area contributed by atoms with E-state index in [1.165, 1.54) is 0 Å². The fourth-order valence-corrected chi connectivity index (χ4v) is 3.69. The Kier molecular flexibility index (Phi) is 5.52. The average Bonchev–Trinajstić information content (AvgIpc) is 2.22. The van der Waals surface area contributed by atoms with E-state index in [2.05, 4.69) is 10.0 Å². The largest absolute Gasteiger partial charge is 0.313 e. The lowest BCUT2D eigenvalue weighted by atomic mass is 10.1. The van der Waals surface area contributed by atoms with Crippen molar-refractivity contribution in [3.05, 3.63) is 28.8 Å². The van der Waals surface area contributed by atoms with Gasteiger partial charge < -0.3 is 5.32 Å². The summed E-state index contributed by atoms with van der Waals surface area (Å²) in [7, 11) is -3.43. The molecule has 0 bridgehead atoms. The number of hydrogen-bond donors (Lipinski definition) is 2. The Bertz CT molecular complexity index is 513. The molecule has 1 aromatic rings. The minimum Gasteiger partial charge on any atom is -0.313 e. The third-order valence-corrected chi connectivity index (χ3v) is 4.61. The zero-order valence-corrected chi connectivity index (χ0v) is 13.2. The summed E-state index contributed by atoms with van der Waals surface area (Å²) in [5.74, 6) is 0.